The highest BCUT2D eigenvalue weighted by molar-refractivity contribution is 5.88. The maximum Gasteiger partial charge on any atom is 0.329 e. The highest BCUT2D eigenvalue weighted by atomic mass is 16.4. The predicted octanol–water partition coefficient (Wildman–Crippen LogP) is 0.888. The van der Waals surface area contributed by atoms with Crippen LogP contribution in [0.3, 0.4) is 0 Å². The van der Waals surface area contributed by atoms with Crippen LogP contribution in [0.4, 0.5) is 0 Å². The lowest BCUT2D eigenvalue weighted by Crippen LogP contribution is -2.54. The van der Waals surface area contributed by atoms with E-state index in [1.807, 2.05) is 13.8 Å². The zero-order valence-corrected chi connectivity index (χ0v) is 10.6. The number of carbonyl (C=O) groups excluding carboxylic acids is 1. The first-order valence-corrected chi connectivity index (χ1v) is 6.28. The van der Waals surface area contributed by atoms with Crippen LogP contribution < -0.4 is 10.6 Å². The SMILES string of the molecule is CCC(C)NCC(=O)NC1(C(=O)O)CCCC1. The van der Waals surface area contributed by atoms with Gasteiger partial charge in [0.2, 0.25) is 5.91 Å². The fraction of sp³-hybridized carbons (Fsp3) is 0.833. The highest BCUT2D eigenvalue weighted by Crippen LogP contribution is 2.29. The Kier molecular flexibility index (Phi) is 4.93. The van der Waals surface area contributed by atoms with Gasteiger partial charge in [-0.3, -0.25) is 4.79 Å². The normalized spacial score (nSPS) is 19.9. The van der Waals surface area contributed by atoms with Crippen LogP contribution in [0.5, 0.6) is 0 Å². The van der Waals surface area contributed by atoms with Gasteiger partial charge in [-0.2, -0.15) is 0 Å². The molecular formula is C12H22N2O3. The second kappa shape index (κ2) is 6.00. The van der Waals surface area contributed by atoms with Crippen molar-refractivity contribution in [2.45, 2.75) is 57.5 Å². The number of carboxylic acid groups (broad SMARTS) is 1. The Hall–Kier alpha value is -1.10. The molecule has 1 atom stereocenters. The summed E-state index contributed by atoms with van der Waals surface area (Å²) >= 11 is 0. The van der Waals surface area contributed by atoms with E-state index < -0.39 is 11.5 Å². The van der Waals surface area contributed by atoms with Gasteiger partial charge in [-0.15, -0.1) is 0 Å². The summed E-state index contributed by atoms with van der Waals surface area (Å²) in [6.07, 6.45) is 3.75. The van der Waals surface area contributed by atoms with Crippen LogP contribution in [-0.2, 0) is 9.59 Å². The van der Waals surface area contributed by atoms with Gasteiger partial charge in [0.05, 0.1) is 6.54 Å². The van der Waals surface area contributed by atoms with Crippen molar-refractivity contribution in [3.05, 3.63) is 0 Å². The van der Waals surface area contributed by atoms with Crippen molar-refractivity contribution in [3.8, 4) is 0 Å². The molecule has 0 aromatic rings. The van der Waals surface area contributed by atoms with Gasteiger partial charge in [0.25, 0.3) is 0 Å². The summed E-state index contributed by atoms with van der Waals surface area (Å²) in [6, 6.07) is 0.269. The molecule has 1 aliphatic rings. The number of hydrogen-bond acceptors (Lipinski definition) is 3. The maximum absolute atomic E-state index is 11.7. The Morgan fingerprint density at radius 2 is 1.94 bits per heavy atom. The molecule has 0 aromatic carbocycles. The summed E-state index contributed by atoms with van der Waals surface area (Å²) in [6.45, 7) is 4.21. The van der Waals surface area contributed by atoms with E-state index in [4.69, 9.17) is 0 Å². The zero-order valence-electron chi connectivity index (χ0n) is 10.6. The van der Waals surface area contributed by atoms with Crippen LogP contribution in [0.1, 0.15) is 46.0 Å². The summed E-state index contributed by atoms with van der Waals surface area (Å²) in [5.41, 5.74) is -1.02. The van der Waals surface area contributed by atoms with Gasteiger partial charge in [0, 0.05) is 6.04 Å². The molecule has 5 nitrogen and oxygen atoms in total. The number of carbonyl (C=O) groups is 2. The molecule has 1 unspecified atom stereocenters. The lowest BCUT2D eigenvalue weighted by atomic mass is 9.98. The number of carboxylic acids is 1. The Morgan fingerprint density at radius 3 is 2.41 bits per heavy atom. The average molecular weight is 242 g/mol. The number of hydrogen-bond donors (Lipinski definition) is 3. The van der Waals surface area contributed by atoms with Crippen molar-refractivity contribution in [2.24, 2.45) is 0 Å². The monoisotopic (exact) mass is 242 g/mol. The summed E-state index contributed by atoms with van der Waals surface area (Å²) in [5.74, 6) is -1.14. The summed E-state index contributed by atoms with van der Waals surface area (Å²) < 4.78 is 0. The number of nitrogens with one attached hydrogen (secondary N) is 2. The third-order valence-corrected chi connectivity index (χ3v) is 3.47. The molecule has 0 radical (unpaired) electrons. The highest BCUT2D eigenvalue weighted by Gasteiger charge is 2.42. The largest absolute Gasteiger partial charge is 0.480 e. The molecule has 0 aromatic heterocycles. The molecule has 1 rings (SSSR count). The fourth-order valence-electron chi connectivity index (χ4n) is 2.09. The number of aliphatic carboxylic acids is 1. The van der Waals surface area contributed by atoms with Crippen LogP contribution in [0.15, 0.2) is 0 Å². The van der Waals surface area contributed by atoms with Crippen molar-refractivity contribution in [1.82, 2.24) is 10.6 Å². The van der Waals surface area contributed by atoms with E-state index >= 15 is 0 Å². The van der Waals surface area contributed by atoms with Gasteiger partial charge in [-0.05, 0) is 26.2 Å². The van der Waals surface area contributed by atoms with E-state index in [0.29, 0.717) is 12.8 Å². The molecule has 17 heavy (non-hydrogen) atoms. The van der Waals surface area contributed by atoms with E-state index in [-0.39, 0.29) is 18.5 Å². The van der Waals surface area contributed by atoms with Gasteiger partial charge < -0.3 is 15.7 Å². The lowest BCUT2D eigenvalue weighted by Gasteiger charge is -2.25. The summed E-state index contributed by atoms with van der Waals surface area (Å²) in [7, 11) is 0. The first-order valence-electron chi connectivity index (χ1n) is 6.28. The van der Waals surface area contributed by atoms with Gasteiger partial charge in [-0.25, -0.2) is 4.79 Å². The topological polar surface area (TPSA) is 78.4 Å². The molecule has 0 bridgehead atoms. The quantitative estimate of drug-likeness (QED) is 0.646. The minimum atomic E-state index is -1.02. The van der Waals surface area contributed by atoms with Crippen LogP contribution in [0.2, 0.25) is 0 Å². The molecule has 1 aliphatic carbocycles. The van der Waals surface area contributed by atoms with Crippen molar-refractivity contribution in [3.63, 3.8) is 0 Å². The molecule has 0 heterocycles. The maximum atomic E-state index is 11.7. The molecule has 0 aliphatic heterocycles. The summed E-state index contributed by atoms with van der Waals surface area (Å²) in [4.78, 5) is 22.9. The van der Waals surface area contributed by atoms with Crippen LogP contribution in [-0.4, -0.2) is 35.1 Å². The standard InChI is InChI=1S/C12H22N2O3/c1-3-9(2)13-8-10(15)14-12(11(16)17)6-4-5-7-12/h9,13H,3-8H2,1-2H3,(H,14,15)(H,16,17). The Balaban J connectivity index is 2.45. The molecule has 5 heteroatoms. The Labute approximate surface area is 102 Å². The van der Waals surface area contributed by atoms with Crippen molar-refractivity contribution < 1.29 is 14.7 Å². The second-order valence-electron chi connectivity index (χ2n) is 4.83. The molecule has 0 saturated heterocycles. The average Bonchev–Trinajstić information content (AvgIpc) is 2.75. The lowest BCUT2D eigenvalue weighted by molar-refractivity contribution is -0.147. The smallest absolute Gasteiger partial charge is 0.329 e. The van der Waals surface area contributed by atoms with Crippen LogP contribution >= 0.6 is 0 Å². The van der Waals surface area contributed by atoms with E-state index in [1.54, 1.807) is 0 Å². The van der Waals surface area contributed by atoms with Crippen molar-refractivity contribution >= 4 is 11.9 Å². The van der Waals surface area contributed by atoms with E-state index in [2.05, 4.69) is 10.6 Å². The third-order valence-electron chi connectivity index (χ3n) is 3.47. The molecule has 1 fully saturated rings. The van der Waals surface area contributed by atoms with Crippen LogP contribution in [0, 0.1) is 0 Å². The van der Waals surface area contributed by atoms with Crippen molar-refractivity contribution in [2.75, 3.05) is 6.54 Å². The van der Waals surface area contributed by atoms with E-state index in [0.717, 1.165) is 19.3 Å². The second-order valence-corrected chi connectivity index (χ2v) is 4.83. The molecular weight excluding hydrogens is 220 g/mol. The van der Waals surface area contributed by atoms with E-state index in [9.17, 15) is 14.7 Å². The Bertz CT molecular complexity index is 285. The molecule has 1 amide bonds. The minimum Gasteiger partial charge on any atom is -0.480 e. The first kappa shape index (κ1) is 14.0. The Morgan fingerprint density at radius 1 is 1.35 bits per heavy atom. The third kappa shape index (κ3) is 3.70. The van der Waals surface area contributed by atoms with Crippen molar-refractivity contribution in [1.29, 1.82) is 0 Å². The van der Waals surface area contributed by atoms with Gasteiger partial charge in [0.15, 0.2) is 0 Å². The number of rotatable bonds is 6. The molecule has 3 N–H and O–H groups in total. The minimum absolute atomic E-state index is 0.185. The fourth-order valence-corrected chi connectivity index (χ4v) is 2.09. The van der Waals surface area contributed by atoms with E-state index in [1.165, 1.54) is 0 Å². The van der Waals surface area contributed by atoms with Gasteiger partial charge in [-0.1, -0.05) is 19.8 Å². The van der Waals surface area contributed by atoms with Crippen LogP contribution in [0.25, 0.3) is 0 Å². The molecule has 0 spiro atoms. The molecule has 98 valence electrons. The first-order chi connectivity index (χ1) is 8.00. The number of amides is 1. The van der Waals surface area contributed by atoms with Gasteiger partial charge >= 0.3 is 5.97 Å². The predicted molar refractivity (Wildman–Crippen MR) is 64.7 cm³/mol. The zero-order chi connectivity index (χ0) is 12.9. The summed E-state index contributed by atoms with van der Waals surface area (Å²) in [5, 5.41) is 14.9. The van der Waals surface area contributed by atoms with Gasteiger partial charge in [0.1, 0.15) is 5.54 Å². The molecule has 1 saturated carbocycles.